The minimum atomic E-state index is -4.54. The third-order valence-corrected chi connectivity index (χ3v) is 5.97. The van der Waals surface area contributed by atoms with Crippen molar-refractivity contribution in [1.82, 2.24) is 10.3 Å². The number of hydrogen-bond donors (Lipinski definition) is 1. The second kappa shape index (κ2) is 11.6. The number of amides is 1. The molecule has 1 amide bonds. The lowest BCUT2D eigenvalue weighted by atomic mass is 9.87. The molecule has 3 aromatic rings. The van der Waals surface area contributed by atoms with Crippen molar-refractivity contribution in [3.63, 3.8) is 0 Å². The number of para-hydroxylation sites is 1. The molecule has 1 aliphatic carbocycles. The molecule has 0 atom stereocenters. The summed E-state index contributed by atoms with van der Waals surface area (Å²) in [6, 6.07) is 14.4. The molecular formula is C26H28ClF3N2O2. The molecule has 0 radical (unpaired) electrons. The van der Waals surface area contributed by atoms with Gasteiger partial charge in [-0.1, -0.05) is 37.6 Å². The smallest absolute Gasteiger partial charge is 0.433 e. The maximum atomic E-state index is 13.3. The molecule has 2 aromatic carbocycles. The molecule has 182 valence electrons. The predicted molar refractivity (Wildman–Crippen MR) is 128 cm³/mol. The summed E-state index contributed by atoms with van der Waals surface area (Å²) in [6.07, 6.45) is -1.66. The molecule has 1 N–H and O–H groups in total. The Morgan fingerprint density at radius 2 is 1.71 bits per heavy atom. The number of aromatic nitrogens is 1. The van der Waals surface area contributed by atoms with Gasteiger partial charge in [0.2, 0.25) is 0 Å². The summed E-state index contributed by atoms with van der Waals surface area (Å²) < 4.78 is 45.8. The first-order valence-electron chi connectivity index (χ1n) is 11.5. The van der Waals surface area contributed by atoms with Crippen molar-refractivity contribution < 1.29 is 22.7 Å². The maximum absolute atomic E-state index is 13.3. The molecule has 1 aromatic heterocycles. The van der Waals surface area contributed by atoms with Crippen molar-refractivity contribution in [1.29, 1.82) is 0 Å². The van der Waals surface area contributed by atoms with Gasteiger partial charge in [0.15, 0.2) is 0 Å². The van der Waals surface area contributed by atoms with E-state index in [-0.39, 0.29) is 23.3 Å². The van der Waals surface area contributed by atoms with Crippen LogP contribution in [0.25, 0.3) is 10.9 Å². The molecule has 1 aliphatic rings. The van der Waals surface area contributed by atoms with E-state index in [1.807, 2.05) is 13.8 Å². The van der Waals surface area contributed by atoms with Gasteiger partial charge in [-0.05, 0) is 68.0 Å². The summed E-state index contributed by atoms with van der Waals surface area (Å²) in [5.74, 6) is 0.358. The third-order valence-electron chi connectivity index (χ3n) is 5.71. The Balaban J connectivity index is 0.00000158. The molecule has 0 bridgehead atoms. The van der Waals surface area contributed by atoms with Gasteiger partial charge in [0.25, 0.3) is 5.91 Å². The van der Waals surface area contributed by atoms with Crippen molar-refractivity contribution in [2.75, 3.05) is 6.54 Å². The van der Waals surface area contributed by atoms with Gasteiger partial charge in [-0.15, -0.1) is 0 Å². The molecule has 1 saturated carbocycles. The zero-order chi connectivity index (χ0) is 24.7. The highest BCUT2D eigenvalue weighted by Crippen LogP contribution is 2.36. The van der Waals surface area contributed by atoms with Crippen LogP contribution in [-0.2, 0) is 6.18 Å². The van der Waals surface area contributed by atoms with Gasteiger partial charge in [0, 0.05) is 28.6 Å². The van der Waals surface area contributed by atoms with E-state index in [2.05, 4.69) is 10.3 Å². The van der Waals surface area contributed by atoms with Gasteiger partial charge >= 0.3 is 6.18 Å². The number of benzene rings is 2. The van der Waals surface area contributed by atoms with Gasteiger partial charge in [0.05, 0.1) is 11.6 Å². The number of carbonyl (C=O) groups excluding carboxylic acids is 1. The van der Waals surface area contributed by atoms with E-state index in [0.717, 1.165) is 18.9 Å². The van der Waals surface area contributed by atoms with Crippen molar-refractivity contribution in [2.45, 2.75) is 51.8 Å². The lowest BCUT2D eigenvalue weighted by Crippen LogP contribution is -2.33. The fourth-order valence-corrected chi connectivity index (χ4v) is 4.09. The highest BCUT2D eigenvalue weighted by Gasteiger charge is 2.34. The van der Waals surface area contributed by atoms with E-state index in [1.54, 1.807) is 48.5 Å². The minimum absolute atomic E-state index is 0.150. The molecule has 8 heteroatoms. The second-order valence-corrected chi connectivity index (χ2v) is 8.43. The van der Waals surface area contributed by atoms with E-state index in [4.69, 9.17) is 16.3 Å². The van der Waals surface area contributed by atoms with Crippen LogP contribution in [0.1, 0.15) is 55.6 Å². The lowest BCUT2D eigenvalue weighted by molar-refractivity contribution is -0.141. The van der Waals surface area contributed by atoms with Crippen molar-refractivity contribution in [3.8, 4) is 5.75 Å². The zero-order valence-corrected chi connectivity index (χ0v) is 19.9. The van der Waals surface area contributed by atoms with Crippen LogP contribution in [0.5, 0.6) is 5.75 Å². The standard InChI is InChI=1S/C24H22ClF3N2O2.C2H6/c25-17-9-7-16(8-10-17)23(31)29-14-15-5-11-18(12-6-15)32-21-13-22(24(26,27)28)30-20-4-2-1-3-19(20)21;1-2/h1-4,7-10,13,15,18H,5-6,11-12,14H2,(H,29,31);1-2H3. The highest BCUT2D eigenvalue weighted by molar-refractivity contribution is 6.30. The Bertz CT molecular complexity index is 1100. The minimum Gasteiger partial charge on any atom is -0.490 e. The van der Waals surface area contributed by atoms with Crippen molar-refractivity contribution in [2.24, 2.45) is 5.92 Å². The number of rotatable bonds is 5. The Morgan fingerprint density at radius 3 is 2.35 bits per heavy atom. The SMILES string of the molecule is CC.O=C(NCC1CCC(Oc2cc(C(F)(F)F)nc3ccccc23)CC1)c1ccc(Cl)cc1. The largest absolute Gasteiger partial charge is 0.490 e. The average molecular weight is 493 g/mol. The molecule has 4 rings (SSSR count). The van der Waals surface area contributed by atoms with Crippen LogP contribution >= 0.6 is 11.6 Å². The first-order valence-corrected chi connectivity index (χ1v) is 11.8. The zero-order valence-electron chi connectivity index (χ0n) is 19.2. The van der Waals surface area contributed by atoms with Gasteiger partial charge in [-0.3, -0.25) is 4.79 Å². The van der Waals surface area contributed by atoms with Crippen LogP contribution in [-0.4, -0.2) is 23.5 Å². The van der Waals surface area contributed by atoms with E-state index in [9.17, 15) is 18.0 Å². The molecule has 0 spiro atoms. The highest BCUT2D eigenvalue weighted by atomic mass is 35.5. The first kappa shape index (κ1) is 25.8. The van der Waals surface area contributed by atoms with Crippen LogP contribution in [0, 0.1) is 5.92 Å². The van der Waals surface area contributed by atoms with Gasteiger partial charge in [0.1, 0.15) is 11.4 Å². The summed E-state index contributed by atoms with van der Waals surface area (Å²) in [6.45, 7) is 4.55. The third kappa shape index (κ3) is 6.63. The Labute approximate surface area is 202 Å². The molecule has 4 nitrogen and oxygen atoms in total. The number of pyridine rings is 1. The molecular weight excluding hydrogens is 465 g/mol. The monoisotopic (exact) mass is 492 g/mol. The normalized spacial score (nSPS) is 18.1. The van der Waals surface area contributed by atoms with Crippen LogP contribution in [0.2, 0.25) is 5.02 Å². The van der Waals surface area contributed by atoms with Crippen molar-refractivity contribution in [3.05, 3.63) is 70.9 Å². The number of fused-ring (bicyclic) bond motifs is 1. The number of halogens is 4. The summed E-state index contributed by atoms with van der Waals surface area (Å²) in [5.41, 5.74) is -0.142. The topological polar surface area (TPSA) is 51.2 Å². The number of ether oxygens (including phenoxy) is 1. The maximum Gasteiger partial charge on any atom is 0.433 e. The number of nitrogens with one attached hydrogen (secondary N) is 1. The fourth-order valence-electron chi connectivity index (χ4n) is 3.96. The second-order valence-electron chi connectivity index (χ2n) is 8.00. The number of alkyl halides is 3. The Morgan fingerprint density at radius 1 is 1.06 bits per heavy atom. The van der Waals surface area contributed by atoms with Crippen LogP contribution in [0.4, 0.5) is 13.2 Å². The quantitative estimate of drug-likeness (QED) is 0.406. The molecule has 0 aliphatic heterocycles. The lowest BCUT2D eigenvalue weighted by Gasteiger charge is -2.29. The van der Waals surface area contributed by atoms with Crippen molar-refractivity contribution >= 4 is 28.4 Å². The number of carbonyl (C=O) groups is 1. The average Bonchev–Trinajstić information content (AvgIpc) is 2.84. The molecule has 1 heterocycles. The van der Waals surface area contributed by atoms with E-state index in [0.29, 0.717) is 41.3 Å². The van der Waals surface area contributed by atoms with Crippen LogP contribution in [0.3, 0.4) is 0 Å². The van der Waals surface area contributed by atoms with E-state index < -0.39 is 11.9 Å². The number of nitrogens with zero attached hydrogens (tertiary/aromatic N) is 1. The van der Waals surface area contributed by atoms with Gasteiger partial charge in [-0.2, -0.15) is 13.2 Å². The molecule has 0 unspecified atom stereocenters. The fraction of sp³-hybridized carbons (Fsp3) is 0.385. The van der Waals surface area contributed by atoms with E-state index >= 15 is 0 Å². The molecule has 0 saturated heterocycles. The molecule has 1 fully saturated rings. The Kier molecular flexibility index (Phi) is 8.78. The molecule has 34 heavy (non-hydrogen) atoms. The summed E-state index contributed by atoms with van der Waals surface area (Å²) in [7, 11) is 0. The first-order chi connectivity index (χ1) is 16.3. The summed E-state index contributed by atoms with van der Waals surface area (Å²) in [4.78, 5) is 16.0. The predicted octanol–water partition coefficient (Wildman–Crippen LogP) is 7.30. The van der Waals surface area contributed by atoms with E-state index in [1.165, 1.54) is 0 Å². The van der Waals surface area contributed by atoms with Crippen LogP contribution < -0.4 is 10.1 Å². The van der Waals surface area contributed by atoms with Crippen LogP contribution in [0.15, 0.2) is 54.6 Å². The summed E-state index contributed by atoms with van der Waals surface area (Å²) >= 11 is 5.85. The van der Waals surface area contributed by atoms with Gasteiger partial charge in [-0.25, -0.2) is 4.98 Å². The summed E-state index contributed by atoms with van der Waals surface area (Å²) in [5, 5.41) is 4.09. The van der Waals surface area contributed by atoms with Gasteiger partial charge < -0.3 is 10.1 Å². The Hall–Kier alpha value is -2.80. The number of hydrogen-bond acceptors (Lipinski definition) is 3.